The van der Waals surface area contributed by atoms with Gasteiger partial charge in [-0.1, -0.05) is 12.8 Å². The molecule has 0 spiro atoms. The normalized spacial score (nSPS) is 12.4. The van der Waals surface area contributed by atoms with E-state index in [-0.39, 0.29) is 6.04 Å². The summed E-state index contributed by atoms with van der Waals surface area (Å²) in [7, 11) is 0. The van der Waals surface area contributed by atoms with E-state index in [1.807, 2.05) is 13.8 Å². The minimum atomic E-state index is 0.0528. The van der Waals surface area contributed by atoms with Gasteiger partial charge in [0, 0.05) is 6.42 Å². The summed E-state index contributed by atoms with van der Waals surface area (Å²) in [6.45, 7) is 4.54. The summed E-state index contributed by atoms with van der Waals surface area (Å²) < 4.78 is 5.39. The molecule has 0 aromatic carbocycles. The Labute approximate surface area is 78.5 Å². The molecule has 1 rings (SSSR count). The molecule has 0 amide bonds. The van der Waals surface area contributed by atoms with Crippen molar-refractivity contribution in [1.29, 1.82) is 0 Å². The van der Waals surface area contributed by atoms with Crippen LogP contribution in [-0.2, 0) is 13.0 Å². The summed E-state index contributed by atoms with van der Waals surface area (Å²) in [6, 6.07) is 0.0528. The Morgan fingerprint density at radius 2 is 2.54 bits per heavy atom. The fraction of sp³-hybridized carbons (Fsp3) is 0.500. The molecule has 0 aliphatic carbocycles. The zero-order chi connectivity index (χ0) is 9.68. The third-order valence-electron chi connectivity index (χ3n) is 1.76. The van der Waals surface area contributed by atoms with E-state index in [1.54, 1.807) is 6.20 Å². The molecule has 0 radical (unpaired) electrons. The molecule has 0 aliphatic heterocycles. The number of rotatable bonds is 4. The summed E-state index contributed by atoms with van der Waals surface area (Å²) in [4.78, 5) is 4.10. The van der Waals surface area contributed by atoms with Crippen molar-refractivity contribution in [2.24, 2.45) is 0 Å². The van der Waals surface area contributed by atoms with Crippen molar-refractivity contribution >= 4 is 0 Å². The molecule has 0 saturated heterocycles. The van der Waals surface area contributed by atoms with Crippen molar-refractivity contribution in [2.75, 3.05) is 0 Å². The van der Waals surface area contributed by atoms with Crippen molar-refractivity contribution in [3.63, 3.8) is 0 Å². The van der Waals surface area contributed by atoms with Gasteiger partial charge in [-0.05, 0) is 6.92 Å². The molecule has 70 valence electrons. The van der Waals surface area contributed by atoms with Gasteiger partial charge >= 0.3 is 0 Å². The molecule has 3 heteroatoms. The number of nitrogens with zero attached hydrogens (tertiary/aromatic N) is 1. The second-order valence-corrected chi connectivity index (χ2v) is 2.84. The zero-order valence-corrected chi connectivity index (χ0v) is 8.00. The number of aryl methyl sites for hydroxylation is 1. The predicted molar refractivity (Wildman–Crippen MR) is 51.0 cm³/mol. The van der Waals surface area contributed by atoms with Crippen LogP contribution in [-0.4, -0.2) is 11.0 Å². The number of hydrogen-bond acceptors (Lipinski definition) is 3. The van der Waals surface area contributed by atoms with Gasteiger partial charge in [0.15, 0.2) is 0 Å². The van der Waals surface area contributed by atoms with Gasteiger partial charge in [-0.25, -0.2) is 4.98 Å². The SMILES string of the molecule is C#CC(C)NCc1ncc(CC)o1. The van der Waals surface area contributed by atoms with Crippen LogP contribution in [0.15, 0.2) is 10.6 Å². The Kier molecular flexibility index (Phi) is 3.53. The number of terminal acetylenes is 1. The van der Waals surface area contributed by atoms with Crippen molar-refractivity contribution < 1.29 is 4.42 Å². The third-order valence-corrected chi connectivity index (χ3v) is 1.76. The molecule has 1 N–H and O–H groups in total. The van der Waals surface area contributed by atoms with E-state index < -0.39 is 0 Å². The Morgan fingerprint density at radius 3 is 3.08 bits per heavy atom. The maximum Gasteiger partial charge on any atom is 0.208 e. The van der Waals surface area contributed by atoms with Crippen LogP contribution in [0.2, 0.25) is 0 Å². The molecule has 1 unspecified atom stereocenters. The number of oxazole rings is 1. The minimum Gasteiger partial charge on any atom is -0.444 e. The predicted octanol–water partition coefficient (Wildman–Crippen LogP) is 1.35. The van der Waals surface area contributed by atoms with Gasteiger partial charge in [0.2, 0.25) is 5.89 Å². The molecule has 1 aromatic rings. The second-order valence-electron chi connectivity index (χ2n) is 2.84. The highest BCUT2D eigenvalue weighted by molar-refractivity contribution is 4.98. The van der Waals surface area contributed by atoms with Gasteiger partial charge in [-0.3, -0.25) is 5.32 Å². The number of nitrogens with one attached hydrogen (secondary N) is 1. The maximum absolute atomic E-state index is 5.39. The minimum absolute atomic E-state index is 0.0528. The average molecular weight is 178 g/mol. The summed E-state index contributed by atoms with van der Waals surface area (Å²) in [5.41, 5.74) is 0. The fourth-order valence-electron chi connectivity index (χ4n) is 0.893. The van der Waals surface area contributed by atoms with Crippen LogP contribution in [0.1, 0.15) is 25.5 Å². The van der Waals surface area contributed by atoms with E-state index in [1.165, 1.54) is 0 Å². The lowest BCUT2D eigenvalue weighted by molar-refractivity contribution is 0.435. The third kappa shape index (κ3) is 2.92. The van der Waals surface area contributed by atoms with Crippen LogP contribution in [0, 0.1) is 12.3 Å². The van der Waals surface area contributed by atoms with E-state index in [9.17, 15) is 0 Å². The van der Waals surface area contributed by atoms with Crippen LogP contribution in [0.3, 0.4) is 0 Å². The summed E-state index contributed by atoms with van der Waals surface area (Å²) >= 11 is 0. The number of aromatic nitrogens is 1. The lowest BCUT2D eigenvalue weighted by Crippen LogP contribution is -2.23. The highest BCUT2D eigenvalue weighted by Gasteiger charge is 2.02. The highest BCUT2D eigenvalue weighted by Crippen LogP contribution is 2.03. The first kappa shape index (κ1) is 9.82. The lowest BCUT2D eigenvalue weighted by atomic mass is 10.3. The quantitative estimate of drug-likeness (QED) is 0.707. The smallest absolute Gasteiger partial charge is 0.208 e. The molecule has 0 bridgehead atoms. The molecule has 1 aromatic heterocycles. The van der Waals surface area contributed by atoms with E-state index in [0.717, 1.165) is 12.2 Å². The van der Waals surface area contributed by atoms with E-state index in [0.29, 0.717) is 12.4 Å². The molecule has 13 heavy (non-hydrogen) atoms. The van der Waals surface area contributed by atoms with Crippen LogP contribution in [0.5, 0.6) is 0 Å². The fourth-order valence-corrected chi connectivity index (χ4v) is 0.893. The van der Waals surface area contributed by atoms with Gasteiger partial charge < -0.3 is 4.42 Å². The topological polar surface area (TPSA) is 38.1 Å². The first-order chi connectivity index (χ1) is 6.26. The summed E-state index contributed by atoms with van der Waals surface area (Å²) in [5.74, 6) is 4.18. The molecular formula is C10H14N2O. The Bertz CT molecular complexity index is 298. The largest absolute Gasteiger partial charge is 0.444 e. The molecule has 0 aliphatic rings. The second kappa shape index (κ2) is 4.68. The molecule has 1 heterocycles. The first-order valence-electron chi connectivity index (χ1n) is 4.39. The lowest BCUT2D eigenvalue weighted by Gasteiger charge is -2.03. The maximum atomic E-state index is 5.39. The molecule has 3 nitrogen and oxygen atoms in total. The standard InChI is InChI=1S/C10H14N2O/c1-4-8(3)11-7-10-12-6-9(5-2)13-10/h1,6,8,11H,5,7H2,2-3H3. The van der Waals surface area contributed by atoms with Crippen LogP contribution >= 0.6 is 0 Å². The molecule has 0 fully saturated rings. The van der Waals surface area contributed by atoms with Crippen LogP contribution in [0.4, 0.5) is 0 Å². The summed E-state index contributed by atoms with van der Waals surface area (Å²) in [5, 5.41) is 3.09. The zero-order valence-electron chi connectivity index (χ0n) is 8.00. The average Bonchev–Trinajstić information content (AvgIpc) is 2.61. The monoisotopic (exact) mass is 178 g/mol. The highest BCUT2D eigenvalue weighted by atomic mass is 16.4. The van der Waals surface area contributed by atoms with Gasteiger partial charge in [0.05, 0.1) is 18.8 Å². The van der Waals surface area contributed by atoms with E-state index in [2.05, 4.69) is 16.2 Å². The van der Waals surface area contributed by atoms with Crippen molar-refractivity contribution in [2.45, 2.75) is 32.9 Å². The first-order valence-corrected chi connectivity index (χ1v) is 4.39. The molecule has 1 atom stereocenters. The Hall–Kier alpha value is -1.27. The van der Waals surface area contributed by atoms with Crippen molar-refractivity contribution in [1.82, 2.24) is 10.3 Å². The van der Waals surface area contributed by atoms with Crippen LogP contribution < -0.4 is 5.32 Å². The number of hydrogen-bond donors (Lipinski definition) is 1. The molecule has 0 saturated carbocycles. The summed E-state index contributed by atoms with van der Waals surface area (Å²) in [6.07, 6.45) is 7.82. The van der Waals surface area contributed by atoms with Gasteiger partial charge in [-0.2, -0.15) is 0 Å². The van der Waals surface area contributed by atoms with E-state index >= 15 is 0 Å². The van der Waals surface area contributed by atoms with Crippen molar-refractivity contribution in [3.8, 4) is 12.3 Å². The Morgan fingerprint density at radius 1 is 1.77 bits per heavy atom. The molecular weight excluding hydrogens is 164 g/mol. The Balaban J connectivity index is 2.42. The van der Waals surface area contributed by atoms with E-state index in [4.69, 9.17) is 10.8 Å². The van der Waals surface area contributed by atoms with Gasteiger partial charge in [0.1, 0.15) is 5.76 Å². The van der Waals surface area contributed by atoms with Gasteiger partial charge in [-0.15, -0.1) is 6.42 Å². The van der Waals surface area contributed by atoms with Crippen LogP contribution in [0.25, 0.3) is 0 Å². The van der Waals surface area contributed by atoms with Crippen molar-refractivity contribution in [3.05, 3.63) is 17.8 Å². The van der Waals surface area contributed by atoms with Gasteiger partial charge in [0.25, 0.3) is 0 Å².